The third-order valence-electron chi connectivity index (χ3n) is 4.03. The first kappa shape index (κ1) is 14.5. The van der Waals surface area contributed by atoms with Gasteiger partial charge in [-0.15, -0.1) is 0 Å². The molecule has 1 aliphatic carbocycles. The normalized spacial score (nSPS) is 19.1. The molecule has 0 radical (unpaired) electrons. The van der Waals surface area contributed by atoms with Crippen molar-refractivity contribution in [2.75, 3.05) is 6.54 Å². The standard InChI is InChI=1S/C15H21BrN2O/c1-11(17)14(19)18-10-15(8-2-3-9-15)12-4-6-13(16)7-5-12/h4-7,11H,2-3,8-10,17H2,1H3,(H,18,19)/t11-/m1/s1. The highest BCUT2D eigenvalue weighted by Crippen LogP contribution is 2.40. The van der Waals surface area contributed by atoms with Crippen molar-refractivity contribution in [2.45, 2.75) is 44.1 Å². The van der Waals surface area contributed by atoms with Crippen LogP contribution in [0.15, 0.2) is 28.7 Å². The molecule has 0 unspecified atom stereocenters. The van der Waals surface area contributed by atoms with Crippen molar-refractivity contribution in [3.8, 4) is 0 Å². The highest BCUT2D eigenvalue weighted by molar-refractivity contribution is 9.10. The number of carbonyl (C=O) groups excluding carboxylic acids is 1. The van der Waals surface area contributed by atoms with Gasteiger partial charge in [0.1, 0.15) is 0 Å². The Labute approximate surface area is 123 Å². The molecule has 1 aromatic carbocycles. The van der Waals surface area contributed by atoms with Gasteiger partial charge in [-0.25, -0.2) is 0 Å². The van der Waals surface area contributed by atoms with Crippen LogP contribution in [0.1, 0.15) is 38.2 Å². The van der Waals surface area contributed by atoms with Gasteiger partial charge in [-0.05, 0) is 37.5 Å². The second-order valence-electron chi connectivity index (χ2n) is 5.50. The Morgan fingerprint density at radius 3 is 2.47 bits per heavy atom. The zero-order valence-electron chi connectivity index (χ0n) is 11.3. The lowest BCUT2D eigenvalue weighted by atomic mass is 9.79. The van der Waals surface area contributed by atoms with E-state index >= 15 is 0 Å². The number of benzene rings is 1. The Morgan fingerprint density at radius 1 is 1.37 bits per heavy atom. The van der Waals surface area contributed by atoms with Crippen molar-refractivity contribution < 1.29 is 4.79 Å². The number of hydrogen-bond donors (Lipinski definition) is 2. The van der Waals surface area contributed by atoms with E-state index in [4.69, 9.17) is 5.73 Å². The van der Waals surface area contributed by atoms with Crippen LogP contribution in [0.3, 0.4) is 0 Å². The van der Waals surface area contributed by atoms with Crippen LogP contribution in [0.4, 0.5) is 0 Å². The SMILES string of the molecule is C[C@@H](N)C(=O)NCC1(c2ccc(Br)cc2)CCCC1. The third kappa shape index (κ3) is 3.37. The molecular weight excluding hydrogens is 304 g/mol. The number of halogens is 1. The summed E-state index contributed by atoms with van der Waals surface area (Å²) in [6.45, 7) is 2.41. The lowest BCUT2D eigenvalue weighted by Crippen LogP contribution is -2.45. The molecule has 19 heavy (non-hydrogen) atoms. The van der Waals surface area contributed by atoms with Gasteiger partial charge < -0.3 is 11.1 Å². The van der Waals surface area contributed by atoms with E-state index in [0.29, 0.717) is 6.54 Å². The van der Waals surface area contributed by atoms with Crippen molar-refractivity contribution in [3.05, 3.63) is 34.3 Å². The topological polar surface area (TPSA) is 55.1 Å². The summed E-state index contributed by atoms with van der Waals surface area (Å²) in [6, 6.07) is 8.02. The molecule has 1 aromatic rings. The monoisotopic (exact) mass is 324 g/mol. The number of hydrogen-bond acceptors (Lipinski definition) is 2. The van der Waals surface area contributed by atoms with Crippen molar-refractivity contribution in [1.82, 2.24) is 5.32 Å². The summed E-state index contributed by atoms with van der Waals surface area (Å²) in [6.07, 6.45) is 4.72. The molecule has 2 rings (SSSR count). The lowest BCUT2D eigenvalue weighted by molar-refractivity contribution is -0.122. The zero-order chi connectivity index (χ0) is 13.9. The number of amides is 1. The van der Waals surface area contributed by atoms with Gasteiger partial charge in [0.2, 0.25) is 5.91 Å². The van der Waals surface area contributed by atoms with Crippen LogP contribution in [0.25, 0.3) is 0 Å². The van der Waals surface area contributed by atoms with Crippen LogP contribution in [-0.4, -0.2) is 18.5 Å². The number of nitrogens with two attached hydrogens (primary N) is 1. The van der Waals surface area contributed by atoms with Gasteiger partial charge in [-0.2, -0.15) is 0 Å². The molecule has 3 nitrogen and oxygen atoms in total. The maximum Gasteiger partial charge on any atom is 0.236 e. The minimum atomic E-state index is -0.441. The van der Waals surface area contributed by atoms with Crippen LogP contribution >= 0.6 is 15.9 Å². The number of carbonyl (C=O) groups is 1. The molecule has 0 heterocycles. The summed E-state index contributed by atoms with van der Waals surface area (Å²) < 4.78 is 1.09. The second-order valence-corrected chi connectivity index (χ2v) is 6.42. The van der Waals surface area contributed by atoms with E-state index in [2.05, 4.69) is 45.5 Å². The minimum absolute atomic E-state index is 0.0663. The molecule has 0 saturated heterocycles. The van der Waals surface area contributed by atoms with Crippen molar-refractivity contribution in [2.24, 2.45) is 5.73 Å². The fourth-order valence-corrected chi connectivity index (χ4v) is 3.10. The van der Waals surface area contributed by atoms with E-state index in [1.54, 1.807) is 6.92 Å². The maximum absolute atomic E-state index is 11.7. The summed E-state index contributed by atoms with van der Waals surface area (Å²) in [5.74, 6) is -0.0663. The van der Waals surface area contributed by atoms with Crippen molar-refractivity contribution in [1.29, 1.82) is 0 Å². The molecule has 104 valence electrons. The van der Waals surface area contributed by atoms with E-state index < -0.39 is 6.04 Å². The molecular formula is C15H21BrN2O. The summed E-state index contributed by atoms with van der Waals surface area (Å²) in [5.41, 5.74) is 7.01. The van der Waals surface area contributed by atoms with E-state index in [-0.39, 0.29) is 11.3 Å². The number of rotatable bonds is 4. The Morgan fingerprint density at radius 2 is 1.95 bits per heavy atom. The molecule has 1 fully saturated rings. The van der Waals surface area contributed by atoms with Crippen LogP contribution in [-0.2, 0) is 10.2 Å². The predicted molar refractivity (Wildman–Crippen MR) is 80.9 cm³/mol. The van der Waals surface area contributed by atoms with E-state index in [9.17, 15) is 4.79 Å². The van der Waals surface area contributed by atoms with Gasteiger partial charge in [0, 0.05) is 16.4 Å². The van der Waals surface area contributed by atoms with Gasteiger partial charge >= 0.3 is 0 Å². The average Bonchev–Trinajstić information content (AvgIpc) is 2.86. The molecule has 0 aliphatic heterocycles. The lowest BCUT2D eigenvalue weighted by Gasteiger charge is -2.30. The van der Waals surface area contributed by atoms with Crippen LogP contribution in [0.5, 0.6) is 0 Å². The molecule has 0 aromatic heterocycles. The zero-order valence-corrected chi connectivity index (χ0v) is 12.9. The molecule has 3 N–H and O–H groups in total. The Hall–Kier alpha value is -0.870. The minimum Gasteiger partial charge on any atom is -0.354 e. The first-order chi connectivity index (χ1) is 9.03. The first-order valence-electron chi connectivity index (χ1n) is 6.83. The highest BCUT2D eigenvalue weighted by Gasteiger charge is 2.35. The molecule has 4 heteroatoms. The van der Waals surface area contributed by atoms with Crippen molar-refractivity contribution >= 4 is 21.8 Å². The van der Waals surface area contributed by atoms with Gasteiger partial charge in [0.15, 0.2) is 0 Å². The summed E-state index contributed by atoms with van der Waals surface area (Å²) in [4.78, 5) is 11.7. The van der Waals surface area contributed by atoms with Crippen LogP contribution in [0, 0.1) is 0 Å². The summed E-state index contributed by atoms with van der Waals surface area (Å²) in [5, 5.41) is 3.00. The maximum atomic E-state index is 11.7. The number of nitrogens with one attached hydrogen (secondary N) is 1. The van der Waals surface area contributed by atoms with Gasteiger partial charge in [0.05, 0.1) is 6.04 Å². The van der Waals surface area contributed by atoms with Crippen LogP contribution in [0.2, 0.25) is 0 Å². The first-order valence-corrected chi connectivity index (χ1v) is 7.62. The Bertz CT molecular complexity index is 436. The molecule has 0 bridgehead atoms. The van der Waals surface area contributed by atoms with Gasteiger partial charge in [-0.3, -0.25) is 4.79 Å². The van der Waals surface area contributed by atoms with E-state index in [1.807, 2.05) is 0 Å². The molecule has 1 amide bonds. The average molecular weight is 325 g/mol. The smallest absolute Gasteiger partial charge is 0.236 e. The molecule has 1 saturated carbocycles. The third-order valence-corrected chi connectivity index (χ3v) is 4.56. The predicted octanol–water partition coefficient (Wildman–Crippen LogP) is 2.72. The molecule has 1 aliphatic rings. The molecule has 0 spiro atoms. The summed E-state index contributed by atoms with van der Waals surface area (Å²) in [7, 11) is 0. The summed E-state index contributed by atoms with van der Waals surface area (Å²) >= 11 is 3.47. The largest absolute Gasteiger partial charge is 0.354 e. The fraction of sp³-hybridized carbons (Fsp3) is 0.533. The van der Waals surface area contributed by atoms with E-state index in [1.165, 1.54) is 18.4 Å². The fourth-order valence-electron chi connectivity index (χ4n) is 2.84. The van der Waals surface area contributed by atoms with Gasteiger partial charge in [-0.1, -0.05) is 40.9 Å². The van der Waals surface area contributed by atoms with Crippen LogP contribution < -0.4 is 11.1 Å². The Kier molecular flexibility index (Phi) is 4.63. The van der Waals surface area contributed by atoms with Crippen molar-refractivity contribution in [3.63, 3.8) is 0 Å². The Balaban J connectivity index is 2.14. The molecule has 1 atom stereocenters. The van der Waals surface area contributed by atoms with Gasteiger partial charge in [0.25, 0.3) is 0 Å². The van der Waals surface area contributed by atoms with E-state index in [0.717, 1.165) is 17.3 Å². The quantitative estimate of drug-likeness (QED) is 0.894. The second kappa shape index (κ2) is 6.06. The highest BCUT2D eigenvalue weighted by atomic mass is 79.9.